The fraction of sp³-hybridized carbons (Fsp3) is 0.500. The standard InChI is InChI=1S/C26H36N6O2/c1-18-9-8-10-22(19(18)2)30-13-15-31(16-14-30)24(25-27-28-29-32(25)26(3,4)5)21-12-11-20(33-6)17-23(21)34-7/h8-12,17,24H,13-16H2,1-7H3/t24-/m0/s1. The Labute approximate surface area is 202 Å². The third-order valence-electron chi connectivity index (χ3n) is 6.70. The van der Waals surface area contributed by atoms with Gasteiger partial charge in [0.1, 0.15) is 17.5 Å². The summed E-state index contributed by atoms with van der Waals surface area (Å²) in [6, 6.07) is 12.4. The molecule has 1 aromatic heterocycles. The van der Waals surface area contributed by atoms with Gasteiger partial charge in [-0.3, -0.25) is 4.90 Å². The molecular formula is C26H36N6O2. The minimum absolute atomic E-state index is 0.143. The van der Waals surface area contributed by atoms with Crippen molar-refractivity contribution in [2.75, 3.05) is 45.3 Å². The molecule has 1 aliphatic heterocycles. The summed E-state index contributed by atoms with van der Waals surface area (Å²) >= 11 is 0. The predicted molar refractivity (Wildman–Crippen MR) is 134 cm³/mol. The summed E-state index contributed by atoms with van der Waals surface area (Å²) < 4.78 is 13.2. The van der Waals surface area contributed by atoms with Gasteiger partial charge in [0, 0.05) is 43.5 Å². The Bertz CT molecular complexity index is 1130. The van der Waals surface area contributed by atoms with Crippen molar-refractivity contribution in [3.8, 4) is 11.5 Å². The molecule has 1 saturated heterocycles. The minimum Gasteiger partial charge on any atom is -0.497 e. The van der Waals surface area contributed by atoms with E-state index in [0.29, 0.717) is 0 Å². The van der Waals surface area contributed by atoms with Crippen LogP contribution in [0.2, 0.25) is 0 Å². The van der Waals surface area contributed by atoms with Crippen molar-refractivity contribution in [2.24, 2.45) is 0 Å². The molecule has 8 nitrogen and oxygen atoms in total. The number of hydrogen-bond acceptors (Lipinski definition) is 7. The first-order valence-corrected chi connectivity index (χ1v) is 11.8. The van der Waals surface area contributed by atoms with Crippen LogP contribution in [0.1, 0.15) is 49.3 Å². The number of aromatic nitrogens is 4. The molecule has 0 aliphatic carbocycles. The molecule has 0 saturated carbocycles. The average molecular weight is 465 g/mol. The molecule has 2 aromatic carbocycles. The van der Waals surface area contributed by atoms with Gasteiger partial charge in [-0.1, -0.05) is 12.1 Å². The highest BCUT2D eigenvalue weighted by Crippen LogP contribution is 2.38. The van der Waals surface area contributed by atoms with Crippen molar-refractivity contribution in [1.29, 1.82) is 0 Å². The Morgan fingerprint density at radius 3 is 2.32 bits per heavy atom. The van der Waals surface area contributed by atoms with Gasteiger partial charge in [-0.2, -0.15) is 0 Å². The lowest BCUT2D eigenvalue weighted by Crippen LogP contribution is -2.49. The Morgan fingerprint density at radius 2 is 1.68 bits per heavy atom. The number of hydrogen-bond donors (Lipinski definition) is 0. The van der Waals surface area contributed by atoms with Crippen molar-refractivity contribution >= 4 is 5.69 Å². The molecule has 0 spiro atoms. The molecule has 2 heterocycles. The number of piperazine rings is 1. The van der Waals surface area contributed by atoms with Gasteiger partial charge >= 0.3 is 0 Å². The van der Waals surface area contributed by atoms with Crippen molar-refractivity contribution in [3.05, 3.63) is 58.9 Å². The Morgan fingerprint density at radius 1 is 0.941 bits per heavy atom. The van der Waals surface area contributed by atoms with E-state index in [9.17, 15) is 0 Å². The van der Waals surface area contributed by atoms with Gasteiger partial charge in [-0.15, -0.1) is 5.10 Å². The van der Waals surface area contributed by atoms with Crippen LogP contribution in [0.5, 0.6) is 11.5 Å². The molecule has 4 rings (SSSR count). The highest BCUT2D eigenvalue weighted by molar-refractivity contribution is 5.56. The average Bonchev–Trinajstić information content (AvgIpc) is 3.32. The largest absolute Gasteiger partial charge is 0.497 e. The summed E-state index contributed by atoms with van der Waals surface area (Å²) in [4.78, 5) is 4.94. The van der Waals surface area contributed by atoms with E-state index in [0.717, 1.165) is 49.1 Å². The summed E-state index contributed by atoms with van der Waals surface area (Å²) in [5.74, 6) is 2.34. The lowest BCUT2D eigenvalue weighted by molar-refractivity contribution is 0.188. The van der Waals surface area contributed by atoms with E-state index in [1.54, 1.807) is 14.2 Å². The number of benzene rings is 2. The van der Waals surface area contributed by atoms with Gasteiger partial charge in [0.05, 0.1) is 19.8 Å². The van der Waals surface area contributed by atoms with Gasteiger partial charge in [0.15, 0.2) is 5.82 Å². The summed E-state index contributed by atoms with van der Waals surface area (Å²) in [5, 5.41) is 12.9. The quantitative estimate of drug-likeness (QED) is 0.547. The van der Waals surface area contributed by atoms with Crippen LogP contribution < -0.4 is 14.4 Å². The molecule has 3 aromatic rings. The maximum absolute atomic E-state index is 5.81. The zero-order valence-corrected chi connectivity index (χ0v) is 21.4. The topological polar surface area (TPSA) is 68.5 Å². The molecular weight excluding hydrogens is 428 g/mol. The number of aryl methyl sites for hydroxylation is 1. The van der Waals surface area contributed by atoms with Crippen LogP contribution in [0.25, 0.3) is 0 Å². The number of methoxy groups -OCH3 is 2. The van der Waals surface area contributed by atoms with E-state index >= 15 is 0 Å². The molecule has 0 bridgehead atoms. The third-order valence-corrected chi connectivity index (χ3v) is 6.70. The number of rotatable bonds is 6. The molecule has 182 valence electrons. The second-order valence-electron chi connectivity index (χ2n) is 9.87. The molecule has 1 aliphatic rings. The third kappa shape index (κ3) is 4.59. The van der Waals surface area contributed by atoms with Crippen molar-refractivity contribution in [1.82, 2.24) is 25.1 Å². The number of nitrogens with zero attached hydrogens (tertiary/aromatic N) is 6. The molecule has 34 heavy (non-hydrogen) atoms. The van der Waals surface area contributed by atoms with Crippen LogP contribution in [0.15, 0.2) is 36.4 Å². The fourth-order valence-electron chi connectivity index (χ4n) is 4.68. The van der Waals surface area contributed by atoms with Crippen molar-refractivity contribution in [3.63, 3.8) is 0 Å². The van der Waals surface area contributed by atoms with E-state index in [2.05, 4.69) is 84.2 Å². The molecule has 0 amide bonds. The van der Waals surface area contributed by atoms with Crippen LogP contribution in [-0.2, 0) is 5.54 Å². The predicted octanol–water partition coefficient (Wildman–Crippen LogP) is 3.97. The molecule has 0 unspecified atom stereocenters. The zero-order chi connectivity index (χ0) is 24.5. The normalized spacial score (nSPS) is 15.9. The van der Waals surface area contributed by atoms with Gasteiger partial charge in [-0.25, -0.2) is 4.68 Å². The van der Waals surface area contributed by atoms with Gasteiger partial charge < -0.3 is 14.4 Å². The highest BCUT2D eigenvalue weighted by Gasteiger charge is 2.35. The van der Waals surface area contributed by atoms with E-state index in [1.165, 1.54) is 16.8 Å². The summed E-state index contributed by atoms with van der Waals surface area (Å²) in [5.41, 5.74) is 4.77. The zero-order valence-electron chi connectivity index (χ0n) is 21.4. The van der Waals surface area contributed by atoms with Crippen molar-refractivity contribution < 1.29 is 9.47 Å². The number of ether oxygens (including phenoxy) is 2. The molecule has 1 fully saturated rings. The second kappa shape index (κ2) is 9.62. The lowest BCUT2D eigenvalue weighted by atomic mass is 10.00. The van der Waals surface area contributed by atoms with Gasteiger partial charge in [0.25, 0.3) is 0 Å². The maximum Gasteiger partial charge on any atom is 0.173 e. The Hall–Kier alpha value is -3.13. The first-order valence-electron chi connectivity index (χ1n) is 11.8. The Kier molecular flexibility index (Phi) is 6.79. The second-order valence-corrected chi connectivity index (χ2v) is 9.87. The van der Waals surface area contributed by atoms with Crippen LogP contribution in [0.3, 0.4) is 0 Å². The molecule has 1 atom stereocenters. The first kappa shape index (κ1) is 24.0. The smallest absolute Gasteiger partial charge is 0.173 e. The Balaban J connectivity index is 1.71. The minimum atomic E-state index is -0.253. The van der Waals surface area contributed by atoms with E-state index in [-0.39, 0.29) is 11.6 Å². The summed E-state index contributed by atoms with van der Waals surface area (Å²) in [7, 11) is 3.36. The number of anilines is 1. The highest BCUT2D eigenvalue weighted by atomic mass is 16.5. The van der Waals surface area contributed by atoms with Crippen LogP contribution in [0.4, 0.5) is 5.69 Å². The maximum atomic E-state index is 5.81. The lowest BCUT2D eigenvalue weighted by Gasteiger charge is -2.41. The summed E-state index contributed by atoms with van der Waals surface area (Å²) in [6.45, 7) is 14.4. The molecule has 8 heteroatoms. The molecule has 0 N–H and O–H groups in total. The van der Waals surface area contributed by atoms with E-state index in [1.807, 2.05) is 16.8 Å². The fourth-order valence-corrected chi connectivity index (χ4v) is 4.68. The van der Waals surface area contributed by atoms with Gasteiger partial charge in [-0.05, 0) is 74.4 Å². The monoisotopic (exact) mass is 464 g/mol. The van der Waals surface area contributed by atoms with Crippen LogP contribution >= 0.6 is 0 Å². The van der Waals surface area contributed by atoms with Gasteiger partial charge in [0.2, 0.25) is 0 Å². The van der Waals surface area contributed by atoms with E-state index in [4.69, 9.17) is 9.47 Å². The SMILES string of the molecule is COc1ccc([C@@H](c2nnnn2C(C)(C)C)N2CCN(c3cccc(C)c3C)CC2)c(OC)c1. The van der Waals surface area contributed by atoms with Crippen LogP contribution in [0, 0.1) is 13.8 Å². The molecule has 0 radical (unpaired) electrons. The van der Waals surface area contributed by atoms with Crippen LogP contribution in [-0.4, -0.2) is 65.5 Å². The first-order chi connectivity index (χ1) is 16.2. The van der Waals surface area contributed by atoms with E-state index < -0.39 is 0 Å². The van der Waals surface area contributed by atoms with Crippen molar-refractivity contribution in [2.45, 2.75) is 46.2 Å². The summed E-state index contributed by atoms with van der Waals surface area (Å²) in [6.07, 6.45) is 0. The number of tetrazole rings is 1.